The van der Waals surface area contributed by atoms with Gasteiger partial charge in [0.2, 0.25) is 0 Å². The lowest BCUT2D eigenvalue weighted by Crippen LogP contribution is -2.46. The predicted molar refractivity (Wildman–Crippen MR) is 93.7 cm³/mol. The first-order valence-corrected chi connectivity index (χ1v) is 8.13. The van der Waals surface area contributed by atoms with Crippen molar-refractivity contribution in [1.29, 1.82) is 0 Å². The Bertz CT molecular complexity index is 734. The van der Waals surface area contributed by atoms with Gasteiger partial charge in [0.1, 0.15) is 5.54 Å². The van der Waals surface area contributed by atoms with Crippen molar-refractivity contribution in [3.8, 4) is 0 Å². The Kier molecular flexibility index (Phi) is 4.94. The van der Waals surface area contributed by atoms with Crippen LogP contribution in [0.3, 0.4) is 0 Å². The maximum atomic E-state index is 12.6. The number of nitrogens with zero attached hydrogens (tertiary/aromatic N) is 2. The van der Waals surface area contributed by atoms with Crippen molar-refractivity contribution in [2.45, 2.75) is 30.6 Å². The van der Waals surface area contributed by atoms with Crippen molar-refractivity contribution >= 4 is 36.3 Å². The van der Waals surface area contributed by atoms with E-state index in [0.29, 0.717) is 0 Å². The topological polar surface area (TPSA) is 95.0 Å². The lowest BCUT2D eigenvalue weighted by atomic mass is 9.93. The number of rotatable bonds is 6. The van der Waals surface area contributed by atoms with E-state index < -0.39 is 34.0 Å². The van der Waals surface area contributed by atoms with E-state index in [9.17, 15) is 24.3 Å². The molecule has 3 amide bonds. The average molecular weight is 364 g/mol. The molecule has 8 heteroatoms. The number of carbonyl (C=O) groups is 4. The minimum absolute atomic E-state index is 0.205. The van der Waals surface area contributed by atoms with Crippen molar-refractivity contribution in [3.05, 3.63) is 35.9 Å². The number of urea groups is 1. The largest absolute Gasteiger partial charge is 0.480 e. The second-order valence-corrected chi connectivity index (χ2v) is 7.23. The zero-order chi connectivity index (χ0) is 19.0. The zero-order valence-electron chi connectivity index (χ0n) is 14.2. The van der Waals surface area contributed by atoms with Crippen LogP contribution in [-0.4, -0.2) is 62.5 Å². The number of imide groups is 1. The van der Waals surface area contributed by atoms with E-state index in [-0.39, 0.29) is 18.5 Å². The Hall–Kier alpha value is -2.35. The van der Waals surface area contributed by atoms with E-state index in [0.717, 1.165) is 4.90 Å². The van der Waals surface area contributed by atoms with E-state index >= 15 is 0 Å². The molecular formula is C17H20N2O5S. The highest BCUT2D eigenvalue weighted by molar-refractivity contribution is 7.83. The van der Waals surface area contributed by atoms with Crippen LogP contribution in [0.5, 0.6) is 0 Å². The second-order valence-electron chi connectivity index (χ2n) is 6.47. The molecule has 1 aromatic carbocycles. The quantitative estimate of drug-likeness (QED) is 0.347. The van der Waals surface area contributed by atoms with Gasteiger partial charge < -0.3 is 10.0 Å². The molecule has 0 saturated carbocycles. The number of hydrogen-bond donors (Lipinski definition) is 2. The number of amides is 3. The Morgan fingerprint density at radius 1 is 1.20 bits per heavy atom. The smallest absolute Gasteiger partial charge is 0.327 e. The summed E-state index contributed by atoms with van der Waals surface area (Å²) < 4.78 is -2.03. The minimum Gasteiger partial charge on any atom is -0.480 e. The SMILES string of the molecule is CN1C(=O)N(CC[C@@](S)(C(=O)O)C(=O)c2ccccc2)C(=O)C1(C)C. The van der Waals surface area contributed by atoms with Crippen LogP contribution in [0.2, 0.25) is 0 Å². The molecule has 7 nitrogen and oxygen atoms in total. The maximum Gasteiger partial charge on any atom is 0.327 e. The monoisotopic (exact) mass is 364 g/mol. The van der Waals surface area contributed by atoms with Gasteiger partial charge in [-0.2, -0.15) is 12.6 Å². The molecule has 0 aliphatic carbocycles. The average Bonchev–Trinajstić information content (AvgIpc) is 2.73. The first kappa shape index (κ1) is 19.0. The molecule has 1 saturated heterocycles. The molecule has 1 atom stereocenters. The van der Waals surface area contributed by atoms with E-state index in [1.807, 2.05) is 0 Å². The molecule has 2 rings (SSSR count). The third-order valence-electron chi connectivity index (χ3n) is 4.59. The lowest BCUT2D eigenvalue weighted by Gasteiger charge is -2.24. The Morgan fingerprint density at radius 2 is 1.76 bits per heavy atom. The summed E-state index contributed by atoms with van der Waals surface area (Å²) in [5.41, 5.74) is -0.806. The van der Waals surface area contributed by atoms with Gasteiger partial charge >= 0.3 is 12.0 Å². The van der Waals surface area contributed by atoms with Crippen molar-refractivity contribution in [3.63, 3.8) is 0 Å². The molecule has 1 heterocycles. The summed E-state index contributed by atoms with van der Waals surface area (Å²) in [7, 11) is 1.50. The molecule has 0 bridgehead atoms. The van der Waals surface area contributed by atoms with Crippen LogP contribution < -0.4 is 0 Å². The Labute approximate surface area is 151 Å². The van der Waals surface area contributed by atoms with E-state index in [1.54, 1.807) is 32.0 Å². The molecule has 0 aromatic heterocycles. The zero-order valence-corrected chi connectivity index (χ0v) is 15.1. The van der Waals surface area contributed by atoms with Crippen molar-refractivity contribution in [1.82, 2.24) is 9.80 Å². The third-order valence-corrected chi connectivity index (χ3v) is 5.21. The van der Waals surface area contributed by atoms with Crippen LogP contribution >= 0.6 is 12.6 Å². The number of benzene rings is 1. The number of aliphatic carboxylic acids is 1. The first-order valence-electron chi connectivity index (χ1n) is 7.69. The number of likely N-dealkylation sites (N-methyl/N-ethyl adjacent to an activating group) is 1. The van der Waals surface area contributed by atoms with Crippen LogP contribution in [0.25, 0.3) is 0 Å². The molecule has 0 spiro atoms. The molecule has 1 aliphatic rings. The summed E-state index contributed by atoms with van der Waals surface area (Å²) in [4.78, 5) is 51.2. The molecule has 1 N–H and O–H groups in total. The summed E-state index contributed by atoms with van der Waals surface area (Å²) >= 11 is 4.11. The van der Waals surface area contributed by atoms with Gasteiger partial charge in [0.25, 0.3) is 5.91 Å². The fourth-order valence-corrected chi connectivity index (χ4v) is 2.83. The summed E-state index contributed by atoms with van der Waals surface area (Å²) in [6.07, 6.45) is -0.291. The summed E-state index contributed by atoms with van der Waals surface area (Å²) in [6, 6.07) is 7.42. The molecule has 134 valence electrons. The fourth-order valence-electron chi connectivity index (χ4n) is 2.60. The molecule has 1 aromatic rings. The summed E-state index contributed by atoms with van der Waals surface area (Å²) in [5.74, 6) is -2.54. The number of thiol groups is 1. The van der Waals surface area contributed by atoms with Gasteiger partial charge in [-0.3, -0.25) is 19.3 Å². The van der Waals surface area contributed by atoms with E-state index in [4.69, 9.17) is 0 Å². The van der Waals surface area contributed by atoms with Crippen molar-refractivity contribution in [2.24, 2.45) is 0 Å². The van der Waals surface area contributed by atoms with Crippen LogP contribution in [0.4, 0.5) is 4.79 Å². The van der Waals surface area contributed by atoms with Gasteiger partial charge in [-0.1, -0.05) is 30.3 Å². The van der Waals surface area contributed by atoms with Crippen LogP contribution in [-0.2, 0) is 9.59 Å². The summed E-state index contributed by atoms with van der Waals surface area (Å²) in [6.45, 7) is 3.00. The van der Waals surface area contributed by atoms with Crippen molar-refractivity contribution in [2.75, 3.05) is 13.6 Å². The first-order chi connectivity index (χ1) is 11.5. The Balaban J connectivity index is 2.23. The van der Waals surface area contributed by atoms with Gasteiger partial charge in [-0.15, -0.1) is 0 Å². The molecule has 0 unspecified atom stereocenters. The number of Topliss-reactive ketones (excluding diaryl/α,β-unsaturated/α-hetero) is 1. The maximum absolute atomic E-state index is 12.6. The predicted octanol–water partition coefficient (Wildman–Crippen LogP) is 1.69. The highest BCUT2D eigenvalue weighted by atomic mass is 32.1. The van der Waals surface area contributed by atoms with Gasteiger partial charge in [0, 0.05) is 19.2 Å². The highest BCUT2D eigenvalue weighted by Gasteiger charge is 2.51. The molecule has 0 radical (unpaired) electrons. The fraction of sp³-hybridized carbons (Fsp3) is 0.412. The minimum atomic E-state index is -2.03. The van der Waals surface area contributed by atoms with Crippen molar-refractivity contribution < 1.29 is 24.3 Å². The standard InChI is InChI=1S/C17H20N2O5S/c1-16(2)13(21)19(15(24)18(16)3)10-9-17(25,14(22)23)12(20)11-7-5-4-6-8-11/h4-8,25H,9-10H2,1-3H3,(H,22,23)/t17-/m0/s1. The van der Waals surface area contributed by atoms with Gasteiger partial charge in [-0.25, -0.2) is 4.79 Å². The lowest BCUT2D eigenvalue weighted by molar-refractivity contribution is -0.139. The second kappa shape index (κ2) is 6.51. The van der Waals surface area contributed by atoms with E-state index in [1.165, 1.54) is 24.1 Å². The Morgan fingerprint density at radius 3 is 2.20 bits per heavy atom. The highest BCUT2D eigenvalue weighted by Crippen LogP contribution is 2.30. The molecule has 1 aliphatic heterocycles. The normalized spacial score (nSPS) is 19.0. The van der Waals surface area contributed by atoms with Crippen LogP contribution in [0.1, 0.15) is 30.6 Å². The molecule has 25 heavy (non-hydrogen) atoms. The van der Waals surface area contributed by atoms with Gasteiger partial charge in [0.05, 0.1) is 0 Å². The van der Waals surface area contributed by atoms with Gasteiger partial charge in [-0.05, 0) is 20.3 Å². The number of hydrogen-bond acceptors (Lipinski definition) is 5. The number of carboxylic acid groups (broad SMARTS) is 1. The molecular weight excluding hydrogens is 344 g/mol. The third kappa shape index (κ3) is 3.13. The molecule has 1 fully saturated rings. The summed E-state index contributed by atoms with van der Waals surface area (Å²) in [5, 5.41) is 9.53. The van der Waals surface area contributed by atoms with E-state index in [2.05, 4.69) is 12.6 Å². The number of carbonyl (C=O) groups excluding carboxylic acids is 3. The van der Waals surface area contributed by atoms with Gasteiger partial charge in [0.15, 0.2) is 10.5 Å². The number of carboxylic acids is 1. The number of ketones is 1. The van der Waals surface area contributed by atoms with Crippen LogP contribution in [0.15, 0.2) is 30.3 Å². The van der Waals surface area contributed by atoms with Crippen LogP contribution in [0, 0.1) is 0 Å².